The standard InChI is InChI=1S/C12H14F3N3O.2ClH/c1-16-9-4-5-18(7-9)11(19)8-2-3-10(17-6-8)12(13,14)15;;/h2-3,6,9,16H,4-5,7H2,1H3;2*1H. The van der Waals surface area contributed by atoms with Crippen molar-refractivity contribution in [2.75, 3.05) is 20.1 Å². The summed E-state index contributed by atoms with van der Waals surface area (Å²) in [6.45, 7) is 1.17. The van der Waals surface area contributed by atoms with E-state index in [1.54, 1.807) is 4.90 Å². The fourth-order valence-corrected chi connectivity index (χ4v) is 2.05. The van der Waals surface area contributed by atoms with Crippen LogP contribution in [0.1, 0.15) is 22.5 Å². The van der Waals surface area contributed by atoms with Crippen molar-refractivity contribution in [3.63, 3.8) is 0 Å². The van der Waals surface area contributed by atoms with Crippen molar-refractivity contribution >= 4 is 30.7 Å². The highest BCUT2D eigenvalue weighted by Crippen LogP contribution is 2.27. The summed E-state index contributed by atoms with van der Waals surface area (Å²) >= 11 is 0. The van der Waals surface area contributed by atoms with E-state index in [4.69, 9.17) is 0 Å². The fourth-order valence-electron chi connectivity index (χ4n) is 2.05. The molecule has 1 aromatic heterocycles. The first-order chi connectivity index (χ1) is 8.91. The van der Waals surface area contributed by atoms with E-state index in [-0.39, 0.29) is 42.3 Å². The van der Waals surface area contributed by atoms with Crippen LogP contribution in [0.4, 0.5) is 13.2 Å². The van der Waals surface area contributed by atoms with Crippen LogP contribution < -0.4 is 5.32 Å². The lowest BCUT2D eigenvalue weighted by Crippen LogP contribution is -2.33. The largest absolute Gasteiger partial charge is 0.433 e. The molecule has 0 saturated carbocycles. The lowest BCUT2D eigenvalue weighted by Gasteiger charge is -2.16. The summed E-state index contributed by atoms with van der Waals surface area (Å²) in [4.78, 5) is 17.0. The molecule has 1 N–H and O–H groups in total. The van der Waals surface area contributed by atoms with E-state index in [2.05, 4.69) is 10.3 Å². The fraction of sp³-hybridized carbons (Fsp3) is 0.500. The number of carbonyl (C=O) groups is 1. The highest BCUT2D eigenvalue weighted by Gasteiger charge is 2.33. The third-order valence-corrected chi connectivity index (χ3v) is 3.18. The lowest BCUT2D eigenvalue weighted by atomic mass is 10.2. The van der Waals surface area contributed by atoms with Gasteiger partial charge in [-0.2, -0.15) is 13.2 Å². The predicted octanol–water partition coefficient (Wildman–Crippen LogP) is 2.38. The normalized spacial score (nSPS) is 17.9. The second-order valence-corrected chi connectivity index (χ2v) is 4.46. The molecule has 0 spiro atoms. The summed E-state index contributed by atoms with van der Waals surface area (Å²) in [7, 11) is 1.82. The number of hydrogen-bond acceptors (Lipinski definition) is 3. The van der Waals surface area contributed by atoms with Crippen LogP contribution in [-0.2, 0) is 6.18 Å². The SMILES string of the molecule is CNC1CCN(C(=O)c2ccc(C(F)(F)F)nc2)C1.Cl.Cl. The molecule has 21 heavy (non-hydrogen) atoms. The Bertz CT molecular complexity index is 468. The van der Waals surface area contributed by atoms with Crippen LogP contribution in [0.25, 0.3) is 0 Å². The van der Waals surface area contributed by atoms with E-state index in [9.17, 15) is 18.0 Å². The maximum atomic E-state index is 12.4. The van der Waals surface area contributed by atoms with Gasteiger partial charge in [0.15, 0.2) is 0 Å². The van der Waals surface area contributed by atoms with Crippen molar-refractivity contribution in [2.24, 2.45) is 0 Å². The zero-order valence-electron chi connectivity index (χ0n) is 11.2. The molecule has 1 atom stereocenters. The number of alkyl halides is 3. The van der Waals surface area contributed by atoms with Crippen LogP contribution in [0, 0.1) is 0 Å². The number of hydrogen-bond donors (Lipinski definition) is 1. The number of likely N-dealkylation sites (N-methyl/N-ethyl adjacent to an activating group) is 1. The van der Waals surface area contributed by atoms with E-state index in [0.717, 1.165) is 18.7 Å². The molecule has 1 amide bonds. The van der Waals surface area contributed by atoms with Crippen LogP contribution in [0.3, 0.4) is 0 Å². The van der Waals surface area contributed by atoms with Gasteiger partial charge in [-0.3, -0.25) is 9.78 Å². The average Bonchev–Trinajstić information content (AvgIpc) is 2.86. The molecule has 1 fully saturated rings. The van der Waals surface area contributed by atoms with Gasteiger partial charge >= 0.3 is 6.18 Å². The van der Waals surface area contributed by atoms with Crippen molar-refractivity contribution in [1.82, 2.24) is 15.2 Å². The third kappa shape index (κ3) is 4.72. The minimum Gasteiger partial charge on any atom is -0.337 e. The highest BCUT2D eigenvalue weighted by atomic mass is 35.5. The van der Waals surface area contributed by atoms with Crippen molar-refractivity contribution in [3.8, 4) is 0 Å². The highest BCUT2D eigenvalue weighted by molar-refractivity contribution is 5.94. The molecule has 1 unspecified atom stereocenters. The van der Waals surface area contributed by atoms with Gasteiger partial charge in [0, 0.05) is 25.3 Å². The first-order valence-corrected chi connectivity index (χ1v) is 5.91. The summed E-state index contributed by atoms with van der Waals surface area (Å²) in [5.74, 6) is -0.279. The molecule has 0 radical (unpaired) electrons. The number of pyridine rings is 1. The van der Waals surface area contributed by atoms with E-state index < -0.39 is 11.9 Å². The van der Waals surface area contributed by atoms with E-state index >= 15 is 0 Å². The Morgan fingerprint density at radius 3 is 2.48 bits per heavy atom. The van der Waals surface area contributed by atoms with Crippen molar-refractivity contribution in [3.05, 3.63) is 29.6 Å². The van der Waals surface area contributed by atoms with Gasteiger partial charge in [-0.05, 0) is 25.6 Å². The number of amides is 1. The van der Waals surface area contributed by atoms with Gasteiger partial charge in [0.25, 0.3) is 5.91 Å². The second kappa shape index (κ2) is 7.82. The van der Waals surface area contributed by atoms with Gasteiger partial charge in [-0.1, -0.05) is 0 Å². The van der Waals surface area contributed by atoms with Gasteiger partial charge < -0.3 is 10.2 Å². The minimum absolute atomic E-state index is 0. The van der Waals surface area contributed by atoms with Crippen LogP contribution in [0.15, 0.2) is 18.3 Å². The third-order valence-electron chi connectivity index (χ3n) is 3.18. The Hall–Kier alpha value is -1.05. The Balaban J connectivity index is 0.00000200. The smallest absolute Gasteiger partial charge is 0.337 e. The van der Waals surface area contributed by atoms with E-state index in [0.29, 0.717) is 13.1 Å². The average molecular weight is 346 g/mol. The molecule has 2 heterocycles. The summed E-state index contributed by atoms with van der Waals surface area (Å²) in [5.41, 5.74) is -0.802. The van der Waals surface area contributed by atoms with Crippen molar-refractivity contribution < 1.29 is 18.0 Å². The Kier molecular flexibility index (Phi) is 7.43. The van der Waals surface area contributed by atoms with Crippen LogP contribution >= 0.6 is 24.8 Å². The number of aromatic nitrogens is 1. The zero-order valence-corrected chi connectivity index (χ0v) is 12.8. The van der Waals surface area contributed by atoms with Gasteiger partial charge in [0.05, 0.1) is 5.56 Å². The van der Waals surface area contributed by atoms with Crippen LogP contribution in [-0.4, -0.2) is 42.0 Å². The summed E-state index contributed by atoms with van der Waals surface area (Å²) < 4.78 is 37.1. The molecular weight excluding hydrogens is 330 g/mol. The molecule has 1 aromatic rings. The maximum absolute atomic E-state index is 12.4. The number of rotatable bonds is 2. The number of likely N-dealkylation sites (tertiary alicyclic amines) is 1. The predicted molar refractivity (Wildman–Crippen MR) is 77.1 cm³/mol. The molecule has 0 aromatic carbocycles. The van der Waals surface area contributed by atoms with Crippen molar-refractivity contribution in [1.29, 1.82) is 0 Å². The minimum atomic E-state index is -4.48. The first kappa shape index (κ1) is 19.9. The summed E-state index contributed by atoms with van der Waals surface area (Å²) in [6.07, 6.45) is -2.65. The van der Waals surface area contributed by atoms with Gasteiger partial charge in [0.1, 0.15) is 5.69 Å². The molecule has 120 valence electrons. The molecule has 1 aliphatic heterocycles. The van der Waals surface area contributed by atoms with Crippen LogP contribution in [0.2, 0.25) is 0 Å². The molecule has 9 heteroatoms. The molecule has 2 rings (SSSR count). The Labute approximate surface area is 132 Å². The van der Waals surface area contributed by atoms with E-state index in [1.165, 1.54) is 6.07 Å². The topological polar surface area (TPSA) is 45.2 Å². The summed E-state index contributed by atoms with van der Waals surface area (Å²) in [6, 6.07) is 2.25. The maximum Gasteiger partial charge on any atom is 0.433 e. The van der Waals surface area contributed by atoms with Crippen LogP contribution in [0.5, 0.6) is 0 Å². The number of nitrogens with one attached hydrogen (secondary N) is 1. The number of carbonyl (C=O) groups excluding carboxylic acids is 1. The van der Waals surface area contributed by atoms with Gasteiger partial charge in [-0.15, -0.1) is 24.8 Å². The molecule has 1 aliphatic rings. The zero-order chi connectivity index (χ0) is 14.0. The first-order valence-electron chi connectivity index (χ1n) is 5.91. The quantitative estimate of drug-likeness (QED) is 0.894. The molecule has 1 saturated heterocycles. The van der Waals surface area contributed by atoms with Gasteiger partial charge in [-0.25, -0.2) is 0 Å². The Morgan fingerprint density at radius 2 is 2.05 bits per heavy atom. The molecule has 4 nitrogen and oxygen atoms in total. The number of nitrogens with zero attached hydrogens (tertiary/aromatic N) is 2. The lowest BCUT2D eigenvalue weighted by molar-refractivity contribution is -0.141. The monoisotopic (exact) mass is 345 g/mol. The van der Waals surface area contributed by atoms with Crippen molar-refractivity contribution in [2.45, 2.75) is 18.6 Å². The Morgan fingerprint density at radius 1 is 1.38 bits per heavy atom. The summed E-state index contributed by atoms with van der Waals surface area (Å²) in [5, 5.41) is 3.07. The van der Waals surface area contributed by atoms with E-state index in [1.807, 2.05) is 7.05 Å². The molecule has 0 bridgehead atoms. The second-order valence-electron chi connectivity index (χ2n) is 4.46. The molecule has 0 aliphatic carbocycles. The van der Waals surface area contributed by atoms with Gasteiger partial charge in [0.2, 0.25) is 0 Å². The number of halogens is 5. The molecular formula is C12H16Cl2F3N3O.